The third-order valence-corrected chi connectivity index (χ3v) is 5.98. The molecule has 0 radical (unpaired) electrons. The number of aliphatic hydroxyl groups excluding tert-OH is 1. The number of hydrogen-bond acceptors (Lipinski definition) is 5. The molecule has 124 valence electrons. The quantitative estimate of drug-likeness (QED) is 0.844. The maximum atomic E-state index is 10.1. The van der Waals surface area contributed by atoms with Crippen LogP contribution in [0.3, 0.4) is 0 Å². The fraction of sp³-hybridized carbons (Fsp3) is 0.471. The molecule has 3 rings (SSSR count). The van der Waals surface area contributed by atoms with Crippen LogP contribution >= 0.6 is 27.3 Å². The Balaban J connectivity index is 1.65. The highest BCUT2D eigenvalue weighted by Gasteiger charge is 2.35. The topological polar surface area (TPSA) is 39.6 Å². The van der Waals surface area contributed by atoms with Crippen LogP contribution in [0.15, 0.2) is 40.3 Å². The van der Waals surface area contributed by atoms with Crippen LogP contribution in [0, 0.1) is 0 Å². The van der Waals surface area contributed by atoms with E-state index in [1.165, 1.54) is 5.01 Å². The molecular formula is C17H22BrN3OS. The molecule has 1 aromatic heterocycles. The number of piperazine rings is 1. The summed E-state index contributed by atoms with van der Waals surface area (Å²) < 4.78 is 1.06. The Morgan fingerprint density at radius 1 is 1.22 bits per heavy atom. The van der Waals surface area contributed by atoms with E-state index in [2.05, 4.69) is 49.8 Å². The highest BCUT2D eigenvalue weighted by molar-refractivity contribution is 9.10. The van der Waals surface area contributed by atoms with Crippen LogP contribution in [-0.2, 0) is 12.1 Å². The molecule has 0 aliphatic carbocycles. The van der Waals surface area contributed by atoms with Crippen molar-refractivity contribution in [2.45, 2.75) is 19.0 Å². The zero-order chi connectivity index (χ0) is 16.3. The van der Waals surface area contributed by atoms with Gasteiger partial charge in [0, 0.05) is 42.2 Å². The molecule has 2 heterocycles. The van der Waals surface area contributed by atoms with E-state index in [4.69, 9.17) is 0 Å². The summed E-state index contributed by atoms with van der Waals surface area (Å²) in [4.78, 5) is 9.21. The van der Waals surface area contributed by atoms with Crippen molar-refractivity contribution in [3.8, 4) is 0 Å². The molecule has 0 amide bonds. The zero-order valence-electron chi connectivity index (χ0n) is 13.3. The minimum absolute atomic E-state index is 0.126. The van der Waals surface area contributed by atoms with Crippen molar-refractivity contribution in [2.75, 3.05) is 32.8 Å². The Morgan fingerprint density at radius 3 is 2.48 bits per heavy atom. The molecular weight excluding hydrogens is 374 g/mol. The lowest BCUT2D eigenvalue weighted by atomic mass is 9.90. The summed E-state index contributed by atoms with van der Waals surface area (Å²) in [6.07, 6.45) is 1.87. The lowest BCUT2D eigenvalue weighted by Crippen LogP contribution is -2.55. The summed E-state index contributed by atoms with van der Waals surface area (Å²) in [7, 11) is 0. The molecule has 1 aromatic carbocycles. The standard InChI is InChI=1S/C17H22BrN3OS/c1-17(13-22,14-2-4-15(18)5-3-14)21-9-7-20(8-10-21)12-16-19-6-11-23-16/h2-6,11,22H,7-10,12-13H2,1H3. The molecule has 0 spiro atoms. The molecule has 1 atom stereocenters. The van der Waals surface area contributed by atoms with Crippen LogP contribution in [0.2, 0.25) is 0 Å². The second-order valence-corrected chi connectivity index (χ2v) is 8.02. The van der Waals surface area contributed by atoms with Crippen LogP contribution in [0.25, 0.3) is 0 Å². The van der Waals surface area contributed by atoms with Gasteiger partial charge in [-0.15, -0.1) is 11.3 Å². The number of hydrogen-bond donors (Lipinski definition) is 1. The van der Waals surface area contributed by atoms with E-state index < -0.39 is 0 Å². The van der Waals surface area contributed by atoms with Gasteiger partial charge in [-0.25, -0.2) is 4.98 Å². The van der Waals surface area contributed by atoms with E-state index in [-0.39, 0.29) is 12.1 Å². The minimum atomic E-state index is -0.325. The van der Waals surface area contributed by atoms with Gasteiger partial charge in [0.2, 0.25) is 0 Å². The fourth-order valence-corrected chi connectivity index (χ4v) is 4.03. The van der Waals surface area contributed by atoms with E-state index >= 15 is 0 Å². The maximum absolute atomic E-state index is 10.1. The molecule has 1 aliphatic heterocycles. The Kier molecular flexibility index (Phi) is 5.49. The van der Waals surface area contributed by atoms with Gasteiger partial charge < -0.3 is 5.11 Å². The molecule has 1 aliphatic rings. The van der Waals surface area contributed by atoms with Gasteiger partial charge in [-0.2, -0.15) is 0 Å². The summed E-state index contributed by atoms with van der Waals surface area (Å²) in [6, 6.07) is 8.29. The van der Waals surface area contributed by atoms with Crippen LogP contribution in [-0.4, -0.2) is 52.7 Å². The van der Waals surface area contributed by atoms with Gasteiger partial charge in [0.1, 0.15) is 5.01 Å². The minimum Gasteiger partial charge on any atom is -0.394 e. The fourth-order valence-electron chi connectivity index (χ4n) is 3.10. The van der Waals surface area contributed by atoms with Crippen molar-refractivity contribution >= 4 is 27.3 Å². The van der Waals surface area contributed by atoms with Crippen LogP contribution in [0.5, 0.6) is 0 Å². The number of aliphatic hydroxyl groups is 1. The Bertz CT molecular complexity index is 611. The number of nitrogens with zero attached hydrogens (tertiary/aromatic N) is 3. The maximum Gasteiger partial charge on any atom is 0.107 e. The van der Waals surface area contributed by atoms with E-state index in [1.54, 1.807) is 11.3 Å². The summed E-state index contributed by atoms with van der Waals surface area (Å²) >= 11 is 5.19. The second kappa shape index (κ2) is 7.40. The molecule has 0 saturated carbocycles. The monoisotopic (exact) mass is 395 g/mol. The lowest BCUT2D eigenvalue weighted by Gasteiger charge is -2.45. The predicted octanol–water partition coefficient (Wildman–Crippen LogP) is 2.93. The normalized spacial score (nSPS) is 19.6. The zero-order valence-corrected chi connectivity index (χ0v) is 15.7. The molecule has 23 heavy (non-hydrogen) atoms. The van der Waals surface area contributed by atoms with Crippen molar-refractivity contribution in [3.63, 3.8) is 0 Å². The Labute approximate surface area is 149 Å². The number of thiazole rings is 1. The highest BCUT2D eigenvalue weighted by atomic mass is 79.9. The molecule has 1 N–H and O–H groups in total. The van der Waals surface area contributed by atoms with Gasteiger partial charge in [0.05, 0.1) is 18.7 Å². The number of aromatic nitrogens is 1. The van der Waals surface area contributed by atoms with Gasteiger partial charge in [-0.3, -0.25) is 9.80 Å². The second-order valence-electron chi connectivity index (χ2n) is 6.13. The summed E-state index contributed by atoms with van der Waals surface area (Å²) in [5.41, 5.74) is 0.838. The summed E-state index contributed by atoms with van der Waals surface area (Å²) in [5.74, 6) is 0. The first-order valence-corrected chi connectivity index (χ1v) is 9.52. The van der Waals surface area contributed by atoms with Crippen LogP contribution in [0.4, 0.5) is 0 Å². The molecule has 0 bridgehead atoms. The van der Waals surface area contributed by atoms with Crippen molar-refractivity contribution in [2.24, 2.45) is 0 Å². The van der Waals surface area contributed by atoms with Crippen molar-refractivity contribution < 1.29 is 5.11 Å². The Hall–Kier alpha value is -0.790. The van der Waals surface area contributed by atoms with Gasteiger partial charge in [-0.05, 0) is 24.6 Å². The summed E-state index contributed by atoms with van der Waals surface area (Å²) in [6.45, 7) is 7.11. The van der Waals surface area contributed by atoms with Crippen molar-refractivity contribution in [3.05, 3.63) is 50.9 Å². The predicted molar refractivity (Wildman–Crippen MR) is 97.5 cm³/mol. The third kappa shape index (κ3) is 3.83. The van der Waals surface area contributed by atoms with E-state index in [9.17, 15) is 5.11 Å². The molecule has 2 aromatic rings. The van der Waals surface area contributed by atoms with Gasteiger partial charge in [0.25, 0.3) is 0 Å². The number of halogens is 1. The van der Waals surface area contributed by atoms with Gasteiger partial charge in [-0.1, -0.05) is 28.1 Å². The summed E-state index contributed by atoms with van der Waals surface area (Å²) in [5, 5.41) is 13.3. The molecule has 1 fully saturated rings. The smallest absolute Gasteiger partial charge is 0.107 e. The highest BCUT2D eigenvalue weighted by Crippen LogP contribution is 2.30. The third-order valence-electron chi connectivity index (χ3n) is 4.69. The molecule has 6 heteroatoms. The number of rotatable bonds is 5. The van der Waals surface area contributed by atoms with Crippen molar-refractivity contribution in [1.29, 1.82) is 0 Å². The average molecular weight is 396 g/mol. The number of benzene rings is 1. The molecule has 1 unspecified atom stereocenters. The van der Waals surface area contributed by atoms with Gasteiger partial charge >= 0.3 is 0 Å². The van der Waals surface area contributed by atoms with E-state index in [0.717, 1.165) is 42.8 Å². The SMILES string of the molecule is CC(CO)(c1ccc(Br)cc1)N1CCN(Cc2nccs2)CC1. The lowest BCUT2D eigenvalue weighted by molar-refractivity contribution is 0.000968. The van der Waals surface area contributed by atoms with Crippen molar-refractivity contribution in [1.82, 2.24) is 14.8 Å². The first kappa shape index (κ1) is 17.0. The average Bonchev–Trinajstić information content (AvgIpc) is 3.08. The Morgan fingerprint density at radius 2 is 1.91 bits per heavy atom. The van der Waals surface area contributed by atoms with Gasteiger partial charge in [0.15, 0.2) is 0 Å². The van der Waals surface area contributed by atoms with Crippen LogP contribution in [0.1, 0.15) is 17.5 Å². The van der Waals surface area contributed by atoms with E-state index in [1.807, 2.05) is 23.7 Å². The van der Waals surface area contributed by atoms with Crippen LogP contribution < -0.4 is 0 Å². The molecule has 1 saturated heterocycles. The molecule has 4 nitrogen and oxygen atoms in total. The largest absolute Gasteiger partial charge is 0.394 e. The van der Waals surface area contributed by atoms with E-state index in [0.29, 0.717) is 0 Å². The first-order valence-electron chi connectivity index (χ1n) is 7.84. The first-order chi connectivity index (χ1) is 11.1.